The van der Waals surface area contributed by atoms with Gasteiger partial charge in [0.1, 0.15) is 0 Å². The standard InChI is InChI=1S/C8H19NO/c1-5-7(9)8(4,10)6(2)3/h6-7,10H,5,9H2,1-4H3. The quantitative estimate of drug-likeness (QED) is 0.625. The molecule has 62 valence electrons. The second-order valence-electron chi connectivity index (χ2n) is 3.40. The van der Waals surface area contributed by atoms with E-state index in [1.807, 2.05) is 20.8 Å². The molecule has 2 nitrogen and oxygen atoms in total. The summed E-state index contributed by atoms with van der Waals surface area (Å²) in [5.74, 6) is 0.224. The van der Waals surface area contributed by atoms with E-state index >= 15 is 0 Å². The van der Waals surface area contributed by atoms with Crippen LogP contribution in [0.3, 0.4) is 0 Å². The highest BCUT2D eigenvalue weighted by Gasteiger charge is 2.30. The van der Waals surface area contributed by atoms with Gasteiger partial charge in [-0.2, -0.15) is 0 Å². The smallest absolute Gasteiger partial charge is 0.0792 e. The lowest BCUT2D eigenvalue weighted by Gasteiger charge is -2.33. The highest BCUT2D eigenvalue weighted by atomic mass is 16.3. The Kier molecular flexibility index (Phi) is 3.33. The van der Waals surface area contributed by atoms with Gasteiger partial charge in [-0.15, -0.1) is 0 Å². The monoisotopic (exact) mass is 145 g/mol. The van der Waals surface area contributed by atoms with Crippen LogP contribution in [0, 0.1) is 5.92 Å². The topological polar surface area (TPSA) is 46.2 Å². The van der Waals surface area contributed by atoms with Crippen LogP contribution in [0.15, 0.2) is 0 Å². The first-order valence-electron chi connectivity index (χ1n) is 3.90. The van der Waals surface area contributed by atoms with Crippen LogP contribution in [0.25, 0.3) is 0 Å². The molecule has 0 rings (SSSR count). The molecule has 0 bridgehead atoms. The highest BCUT2D eigenvalue weighted by molar-refractivity contribution is 4.86. The molecule has 0 aliphatic carbocycles. The Labute approximate surface area is 63.4 Å². The number of hydrogen-bond acceptors (Lipinski definition) is 2. The molecule has 0 fully saturated rings. The minimum absolute atomic E-state index is 0.104. The third kappa shape index (κ3) is 1.96. The normalized spacial score (nSPS) is 20.7. The molecule has 0 heterocycles. The Hall–Kier alpha value is -0.0800. The van der Waals surface area contributed by atoms with Gasteiger partial charge < -0.3 is 10.8 Å². The van der Waals surface area contributed by atoms with Crippen LogP contribution >= 0.6 is 0 Å². The largest absolute Gasteiger partial charge is 0.388 e. The molecule has 0 aromatic heterocycles. The molecule has 2 atom stereocenters. The van der Waals surface area contributed by atoms with E-state index < -0.39 is 5.60 Å². The Morgan fingerprint density at radius 1 is 1.50 bits per heavy atom. The maximum atomic E-state index is 9.74. The van der Waals surface area contributed by atoms with E-state index in [2.05, 4.69) is 0 Å². The first-order chi connectivity index (χ1) is 4.42. The molecule has 10 heavy (non-hydrogen) atoms. The van der Waals surface area contributed by atoms with Gasteiger partial charge in [-0.1, -0.05) is 20.8 Å². The van der Waals surface area contributed by atoms with E-state index in [0.29, 0.717) is 0 Å². The Bertz CT molecular complexity index is 99.4. The molecule has 0 amide bonds. The number of aliphatic hydroxyl groups is 1. The first-order valence-corrected chi connectivity index (χ1v) is 3.90. The molecule has 0 saturated heterocycles. The summed E-state index contributed by atoms with van der Waals surface area (Å²) in [7, 11) is 0. The second-order valence-corrected chi connectivity index (χ2v) is 3.40. The van der Waals surface area contributed by atoms with Gasteiger partial charge in [0.25, 0.3) is 0 Å². The van der Waals surface area contributed by atoms with Crippen molar-refractivity contribution in [1.82, 2.24) is 0 Å². The molecular weight excluding hydrogens is 126 g/mol. The molecule has 0 radical (unpaired) electrons. The zero-order valence-corrected chi connectivity index (χ0v) is 7.39. The van der Waals surface area contributed by atoms with Gasteiger partial charge in [0.05, 0.1) is 5.60 Å². The van der Waals surface area contributed by atoms with E-state index in [1.54, 1.807) is 6.92 Å². The summed E-state index contributed by atoms with van der Waals surface area (Å²) in [6.07, 6.45) is 0.825. The van der Waals surface area contributed by atoms with Crippen LogP contribution in [0.4, 0.5) is 0 Å². The summed E-state index contributed by atoms with van der Waals surface area (Å²) in [6.45, 7) is 7.75. The van der Waals surface area contributed by atoms with Crippen LogP contribution in [0.2, 0.25) is 0 Å². The van der Waals surface area contributed by atoms with Crippen molar-refractivity contribution >= 4 is 0 Å². The van der Waals surface area contributed by atoms with Crippen molar-refractivity contribution in [2.45, 2.75) is 45.8 Å². The van der Waals surface area contributed by atoms with Crippen molar-refractivity contribution in [3.8, 4) is 0 Å². The summed E-state index contributed by atoms with van der Waals surface area (Å²) in [4.78, 5) is 0. The van der Waals surface area contributed by atoms with Gasteiger partial charge in [0, 0.05) is 6.04 Å². The van der Waals surface area contributed by atoms with Crippen molar-refractivity contribution in [2.24, 2.45) is 11.7 Å². The zero-order chi connectivity index (χ0) is 8.36. The molecule has 2 unspecified atom stereocenters. The molecular formula is C8H19NO. The summed E-state index contributed by atoms with van der Waals surface area (Å²) in [5, 5.41) is 9.74. The molecule has 0 saturated carbocycles. The fraction of sp³-hybridized carbons (Fsp3) is 1.00. The zero-order valence-electron chi connectivity index (χ0n) is 7.39. The van der Waals surface area contributed by atoms with Gasteiger partial charge >= 0.3 is 0 Å². The van der Waals surface area contributed by atoms with Crippen molar-refractivity contribution in [3.63, 3.8) is 0 Å². The van der Waals surface area contributed by atoms with Crippen molar-refractivity contribution in [2.75, 3.05) is 0 Å². The lowest BCUT2D eigenvalue weighted by molar-refractivity contribution is -0.0118. The second kappa shape index (κ2) is 3.35. The fourth-order valence-corrected chi connectivity index (χ4v) is 0.841. The highest BCUT2D eigenvalue weighted by Crippen LogP contribution is 2.20. The van der Waals surface area contributed by atoms with Gasteiger partial charge in [-0.05, 0) is 19.3 Å². The van der Waals surface area contributed by atoms with Crippen molar-refractivity contribution in [3.05, 3.63) is 0 Å². The minimum Gasteiger partial charge on any atom is -0.388 e. The first kappa shape index (κ1) is 9.92. The predicted molar refractivity (Wildman–Crippen MR) is 43.7 cm³/mol. The lowest BCUT2D eigenvalue weighted by Crippen LogP contribution is -2.48. The average Bonchev–Trinajstić information content (AvgIpc) is 1.86. The number of hydrogen-bond donors (Lipinski definition) is 2. The van der Waals surface area contributed by atoms with E-state index in [1.165, 1.54) is 0 Å². The van der Waals surface area contributed by atoms with Crippen molar-refractivity contribution in [1.29, 1.82) is 0 Å². The maximum absolute atomic E-state index is 9.74. The summed E-state index contributed by atoms with van der Waals surface area (Å²) in [6, 6.07) is -0.104. The maximum Gasteiger partial charge on any atom is 0.0792 e. The average molecular weight is 145 g/mol. The van der Waals surface area contributed by atoms with Gasteiger partial charge in [0.15, 0.2) is 0 Å². The minimum atomic E-state index is -0.714. The summed E-state index contributed by atoms with van der Waals surface area (Å²) < 4.78 is 0. The van der Waals surface area contributed by atoms with Gasteiger partial charge in [-0.25, -0.2) is 0 Å². The number of nitrogens with two attached hydrogens (primary N) is 1. The van der Waals surface area contributed by atoms with Crippen LogP contribution in [0.5, 0.6) is 0 Å². The number of rotatable bonds is 3. The molecule has 0 aromatic carbocycles. The van der Waals surface area contributed by atoms with E-state index in [-0.39, 0.29) is 12.0 Å². The summed E-state index contributed by atoms with van der Waals surface area (Å²) >= 11 is 0. The molecule has 0 aromatic rings. The molecule has 0 aliphatic rings. The van der Waals surface area contributed by atoms with E-state index in [9.17, 15) is 5.11 Å². The van der Waals surface area contributed by atoms with Crippen LogP contribution < -0.4 is 5.73 Å². The predicted octanol–water partition coefficient (Wildman–Crippen LogP) is 1.13. The van der Waals surface area contributed by atoms with Crippen LogP contribution in [-0.2, 0) is 0 Å². The molecule has 0 spiro atoms. The van der Waals surface area contributed by atoms with E-state index in [4.69, 9.17) is 5.73 Å². The van der Waals surface area contributed by atoms with Gasteiger partial charge in [-0.3, -0.25) is 0 Å². The third-order valence-corrected chi connectivity index (χ3v) is 2.36. The van der Waals surface area contributed by atoms with E-state index in [0.717, 1.165) is 6.42 Å². The van der Waals surface area contributed by atoms with Crippen LogP contribution in [0.1, 0.15) is 34.1 Å². The third-order valence-electron chi connectivity index (χ3n) is 2.36. The molecule has 2 heteroatoms. The Morgan fingerprint density at radius 2 is 1.90 bits per heavy atom. The van der Waals surface area contributed by atoms with Crippen LogP contribution in [-0.4, -0.2) is 16.7 Å². The fourth-order valence-electron chi connectivity index (χ4n) is 0.841. The Balaban J connectivity index is 4.09. The molecule has 0 aliphatic heterocycles. The van der Waals surface area contributed by atoms with Gasteiger partial charge in [0.2, 0.25) is 0 Å². The van der Waals surface area contributed by atoms with Crippen molar-refractivity contribution < 1.29 is 5.11 Å². The SMILES string of the molecule is CCC(N)C(C)(O)C(C)C. The lowest BCUT2D eigenvalue weighted by atomic mass is 9.84. The molecule has 3 N–H and O–H groups in total. The summed E-state index contributed by atoms with van der Waals surface area (Å²) in [5.41, 5.74) is 4.99. The Morgan fingerprint density at radius 3 is 2.00 bits per heavy atom.